The summed E-state index contributed by atoms with van der Waals surface area (Å²) >= 11 is 0. The predicted octanol–water partition coefficient (Wildman–Crippen LogP) is 1.80. The van der Waals surface area contributed by atoms with Crippen molar-refractivity contribution in [3.05, 3.63) is 29.8 Å². The lowest BCUT2D eigenvalue weighted by Gasteiger charge is -2.13. The van der Waals surface area contributed by atoms with Crippen LogP contribution in [-0.2, 0) is 6.54 Å². The van der Waals surface area contributed by atoms with Gasteiger partial charge >= 0.3 is 6.09 Å². The van der Waals surface area contributed by atoms with E-state index in [0.717, 1.165) is 11.3 Å². The van der Waals surface area contributed by atoms with Gasteiger partial charge in [0.1, 0.15) is 5.75 Å². The smallest absolute Gasteiger partial charge is 0.407 e. The normalized spacial score (nSPS) is 9.57. The lowest BCUT2D eigenvalue weighted by atomic mass is 10.2. The summed E-state index contributed by atoms with van der Waals surface area (Å²) in [5.74, 6) is 0.737. The van der Waals surface area contributed by atoms with Crippen LogP contribution in [0.15, 0.2) is 24.3 Å². The van der Waals surface area contributed by atoms with Gasteiger partial charge in [-0.25, -0.2) is 4.79 Å². The fourth-order valence-corrected chi connectivity index (χ4v) is 1.11. The van der Waals surface area contributed by atoms with Crippen LogP contribution in [0.3, 0.4) is 0 Å². The second-order valence-electron chi connectivity index (χ2n) is 2.99. The average Bonchev–Trinajstić information content (AvgIpc) is 2.18. The van der Waals surface area contributed by atoms with Gasteiger partial charge in [0.05, 0.1) is 7.11 Å². The van der Waals surface area contributed by atoms with Crippen molar-refractivity contribution in [3.63, 3.8) is 0 Å². The Morgan fingerprint density at radius 1 is 1.57 bits per heavy atom. The molecule has 0 heterocycles. The van der Waals surface area contributed by atoms with Crippen LogP contribution >= 0.6 is 0 Å². The first kappa shape index (κ1) is 10.4. The zero-order valence-electron chi connectivity index (χ0n) is 8.23. The fourth-order valence-electron chi connectivity index (χ4n) is 1.11. The van der Waals surface area contributed by atoms with Gasteiger partial charge in [-0.3, -0.25) is 0 Å². The van der Waals surface area contributed by atoms with Crippen molar-refractivity contribution in [2.24, 2.45) is 0 Å². The Morgan fingerprint density at radius 3 is 2.86 bits per heavy atom. The van der Waals surface area contributed by atoms with E-state index >= 15 is 0 Å². The average molecular weight is 195 g/mol. The molecule has 14 heavy (non-hydrogen) atoms. The molecule has 1 N–H and O–H groups in total. The number of benzene rings is 1. The molecule has 0 radical (unpaired) electrons. The number of hydrogen-bond donors (Lipinski definition) is 1. The molecular weight excluding hydrogens is 182 g/mol. The highest BCUT2D eigenvalue weighted by Crippen LogP contribution is 2.13. The quantitative estimate of drug-likeness (QED) is 0.800. The summed E-state index contributed by atoms with van der Waals surface area (Å²) in [5.41, 5.74) is 0.911. The summed E-state index contributed by atoms with van der Waals surface area (Å²) in [4.78, 5) is 11.8. The van der Waals surface area contributed by atoms with Crippen LogP contribution in [0.4, 0.5) is 4.79 Å². The van der Waals surface area contributed by atoms with Crippen LogP contribution in [-0.4, -0.2) is 30.3 Å². The van der Waals surface area contributed by atoms with E-state index in [1.807, 2.05) is 24.3 Å². The first-order valence-electron chi connectivity index (χ1n) is 4.20. The van der Waals surface area contributed by atoms with Crippen LogP contribution in [0.5, 0.6) is 5.75 Å². The van der Waals surface area contributed by atoms with E-state index in [1.165, 1.54) is 11.9 Å². The SMILES string of the molecule is COc1cccc(CN(C)C(=O)O)c1. The Hall–Kier alpha value is -1.71. The maximum Gasteiger partial charge on any atom is 0.407 e. The molecule has 0 bridgehead atoms. The summed E-state index contributed by atoms with van der Waals surface area (Å²) in [6, 6.07) is 7.34. The monoisotopic (exact) mass is 195 g/mol. The highest BCUT2D eigenvalue weighted by atomic mass is 16.5. The Labute approximate surface area is 82.7 Å². The Kier molecular flexibility index (Phi) is 3.34. The summed E-state index contributed by atoms with van der Waals surface area (Å²) in [7, 11) is 3.11. The van der Waals surface area contributed by atoms with Crippen molar-refractivity contribution in [1.82, 2.24) is 4.90 Å². The molecule has 0 fully saturated rings. The van der Waals surface area contributed by atoms with Crippen LogP contribution < -0.4 is 4.74 Å². The lowest BCUT2D eigenvalue weighted by molar-refractivity contribution is 0.153. The molecule has 0 saturated carbocycles. The highest BCUT2D eigenvalue weighted by molar-refractivity contribution is 5.64. The van der Waals surface area contributed by atoms with Crippen LogP contribution in [0, 0.1) is 0 Å². The van der Waals surface area contributed by atoms with Gasteiger partial charge in [-0.1, -0.05) is 12.1 Å². The number of carbonyl (C=O) groups is 1. The first-order valence-corrected chi connectivity index (χ1v) is 4.20. The third-order valence-corrected chi connectivity index (χ3v) is 1.88. The molecule has 1 rings (SSSR count). The molecule has 0 unspecified atom stereocenters. The molecule has 76 valence electrons. The van der Waals surface area contributed by atoms with Crippen LogP contribution in [0.1, 0.15) is 5.56 Å². The van der Waals surface area contributed by atoms with E-state index in [4.69, 9.17) is 9.84 Å². The molecule has 4 heteroatoms. The number of nitrogens with zero attached hydrogens (tertiary/aromatic N) is 1. The van der Waals surface area contributed by atoms with E-state index in [2.05, 4.69) is 0 Å². The predicted molar refractivity (Wildman–Crippen MR) is 52.5 cm³/mol. The Balaban J connectivity index is 2.71. The minimum atomic E-state index is -0.937. The number of ether oxygens (including phenoxy) is 1. The van der Waals surface area contributed by atoms with Crippen molar-refractivity contribution >= 4 is 6.09 Å². The maximum atomic E-state index is 10.6. The zero-order chi connectivity index (χ0) is 10.6. The number of methoxy groups -OCH3 is 1. The summed E-state index contributed by atoms with van der Waals surface area (Å²) in [6.45, 7) is 0.368. The Morgan fingerprint density at radius 2 is 2.29 bits per heavy atom. The van der Waals surface area contributed by atoms with E-state index in [9.17, 15) is 4.79 Å². The molecule has 4 nitrogen and oxygen atoms in total. The van der Waals surface area contributed by atoms with Gasteiger partial charge in [-0.2, -0.15) is 0 Å². The standard InChI is InChI=1S/C10H13NO3/c1-11(10(12)13)7-8-4-3-5-9(6-8)14-2/h3-6H,7H2,1-2H3,(H,12,13). The summed E-state index contributed by atoms with van der Waals surface area (Å²) in [6.07, 6.45) is -0.937. The van der Waals surface area contributed by atoms with Gasteiger partial charge in [-0.05, 0) is 17.7 Å². The largest absolute Gasteiger partial charge is 0.497 e. The van der Waals surface area contributed by atoms with E-state index in [0.29, 0.717) is 6.54 Å². The van der Waals surface area contributed by atoms with Crippen LogP contribution in [0.2, 0.25) is 0 Å². The number of rotatable bonds is 3. The van der Waals surface area contributed by atoms with E-state index < -0.39 is 6.09 Å². The van der Waals surface area contributed by atoms with Crippen molar-refractivity contribution < 1.29 is 14.6 Å². The minimum absolute atomic E-state index is 0.368. The van der Waals surface area contributed by atoms with Gasteiger partial charge in [0, 0.05) is 13.6 Å². The number of amides is 1. The third kappa shape index (κ3) is 2.65. The molecule has 0 spiro atoms. The number of hydrogen-bond acceptors (Lipinski definition) is 2. The van der Waals surface area contributed by atoms with Crippen molar-refractivity contribution in [2.45, 2.75) is 6.54 Å². The van der Waals surface area contributed by atoms with Gasteiger partial charge in [0.15, 0.2) is 0 Å². The fraction of sp³-hybridized carbons (Fsp3) is 0.300. The topological polar surface area (TPSA) is 49.8 Å². The second-order valence-corrected chi connectivity index (χ2v) is 2.99. The van der Waals surface area contributed by atoms with Gasteiger partial charge < -0.3 is 14.7 Å². The third-order valence-electron chi connectivity index (χ3n) is 1.88. The molecule has 0 atom stereocenters. The van der Waals surface area contributed by atoms with Gasteiger partial charge in [-0.15, -0.1) is 0 Å². The molecule has 0 aliphatic heterocycles. The van der Waals surface area contributed by atoms with Crippen molar-refractivity contribution in [3.8, 4) is 5.75 Å². The van der Waals surface area contributed by atoms with Crippen molar-refractivity contribution in [1.29, 1.82) is 0 Å². The molecule has 1 aromatic rings. The lowest BCUT2D eigenvalue weighted by Crippen LogP contribution is -2.23. The molecule has 0 aliphatic rings. The molecule has 1 aromatic carbocycles. The molecular formula is C10H13NO3. The molecule has 1 amide bonds. The maximum absolute atomic E-state index is 10.6. The van der Waals surface area contributed by atoms with Crippen molar-refractivity contribution in [2.75, 3.05) is 14.2 Å². The zero-order valence-corrected chi connectivity index (χ0v) is 8.23. The van der Waals surface area contributed by atoms with E-state index in [1.54, 1.807) is 7.11 Å². The molecule has 0 aliphatic carbocycles. The van der Waals surface area contributed by atoms with E-state index in [-0.39, 0.29) is 0 Å². The summed E-state index contributed by atoms with van der Waals surface area (Å²) < 4.78 is 5.03. The van der Waals surface area contributed by atoms with Gasteiger partial charge in [0.25, 0.3) is 0 Å². The molecule has 0 aromatic heterocycles. The first-order chi connectivity index (χ1) is 6.63. The highest BCUT2D eigenvalue weighted by Gasteiger charge is 2.06. The van der Waals surface area contributed by atoms with Crippen LogP contribution in [0.25, 0.3) is 0 Å². The minimum Gasteiger partial charge on any atom is -0.497 e. The van der Waals surface area contributed by atoms with Gasteiger partial charge in [0.2, 0.25) is 0 Å². The second kappa shape index (κ2) is 4.50. The molecule has 0 saturated heterocycles. The summed E-state index contributed by atoms with van der Waals surface area (Å²) in [5, 5.41) is 8.66. The Bertz CT molecular complexity index is 325. The number of carboxylic acid groups (broad SMARTS) is 1.